The fraction of sp³-hybridized carbons (Fsp3) is 0.600. The fourth-order valence-corrected chi connectivity index (χ4v) is 2.50. The highest BCUT2D eigenvalue weighted by Gasteiger charge is 2.21. The standard InChI is InChI=1S/C15H23NO/c1-3-12(2)11-16-10-6-9-15(17)13-7-4-5-8-14(13)16/h4-5,7-8,12,15,17H,3,6,9-11H2,1-2H3. The molecule has 0 saturated heterocycles. The number of nitrogens with zero attached hydrogens (tertiary/aromatic N) is 1. The van der Waals surface area contributed by atoms with E-state index in [0.29, 0.717) is 5.92 Å². The molecule has 2 rings (SSSR count). The van der Waals surface area contributed by atoms with E-state index in [1.54, 1.807) is 0 Å². The molecule has 1 aliphatic heterocycles. The third-order valence-electron chi connectivity index (χ3n) is 3.77. The van der Waals surface area contributed by atoms with Crippen LogP contribution in [0.15, 0.2) is 24.3 Å². The van der Waals surface area contributed by atoms with Crippen LogP contribution in [0.2, 0.25) is 0 Å². The van der Waals surface area contributed by atoms with Crippen LogP contribution in [0, 0.1) is 5.92 Å². The van der Waals surface area contributed by atoms with E-state index >= 15 is 0 Å². The lowest BCUT2D eigenvalue weighted by atomic mass is 10.0. The Morgan fingerprint density at radius 1 is 1.41 bits per heavy atom. The van der Waals surface area contributed by atoms with Gasteiger partial charge in [-0.2, -0.15) is 0 Å². The summed E-state index contributed by atoms with van der Waals surface area (Å²) >= 11 is 0. The van der Waals surface area contributed by atoms with Gasteiger partial charge in [-0.05, 0) is 24.8 Å². The highest BCUT2D eigenvalue weighted by molar-refractivity contribution is 5.55. The molecule has 0 amide bonds. The van der Waals surface area contributed by atoms with Gasteiger partial charge in [0.25, 0.3) is 0 Å². The number of rotatable bonds is 3. The molecule has 0 saturated carbocycles. The molecule has 2 heteroatoms. The number of fused-ring (bicyclic) bond motifs is 1. The van der Waals surface area contributed by atoms with E-state index < -0.39 is 0 Å². The summed E-state index contributed by atoms with van der Waals surface area (Å²) in [6.07, 6.45) is 2.88. The Labute approximate surface area is 104 Å². The van der Waals surface area contributed by atoms with Crippen LogP contribution >= 0.6 is 0 Å². The van der Waals surface area contributed by atoms with Gasteiger partial charge in [-0.25, -0.2) is 0 Å². The second-order valence-corrected chi connectivity index (χ2v) is 5.18. The second kappa shape index (κ2) is 5.54. The van der Waals surface area contributed by atoms with Crippen molar-refractivity contribution >= 4 is 5.69 Å². The molecule has 17 heavy (non-hydrogen) atoms. The van der Waals surface area contributed by atoms with Crippen molar-refractivity contribution in [2.24, 2.45) is 5.92 Å². The molecule has 2 unspecified atom stereocenters. The van der Waals surface area contributed by atoms with Crippen molar-refractivity contribution in [1.82, 2.24) is 0 Å². The van der Waals surface area contributed by atoms with E-state index in [9.17, 15) is 5.11 Å². The highest BCUT2D eigenvalue weighted by atomic mass is 16.3. The van der Waals surface area contributed by atoms with Crippen LogP contribution in [0.25, 0.3) is 0 Å². The van der Waals surface area contributed by atoms with E-state index in [1.165, 1.54) is 12.1 Å². The number of aliphatic hydroxyl groups is 1. The van der Waals surface area contributed by atoms with E-state index in [0.717, 1.165) is 31.5 Å². The summed E-state index contributed by atoms with van der Waals surface area (Å²) in [5.74, 6) is 0.707. The van der Waals surface area contributed by atoms with Crippen molar-refractivity contribution in [3.63, 3.8) is 0 Å². The lowest BCUT2D eigenvalue weighted by Crippen LogP contribution is -2.29. The summed E-state index contributed by atoms with van der Waals surface area (Å²) in [4.78, 5) is 2.44. The van der Waals surface area contributed by atoms with Gasteiger partial charge in [-0.15, -0.1) is 0 Å². The predicted molar refractivity (Wildman–Crippen MR) is 72.3 cm³/mol. The zero-order valence-electron chi connectivity index (χ0n) is 10.9. The van der Waals surface area contributed by atoms with Gasteiger partial charge in [-0.3, -0.25) is 0 Å². The first-order valence-electron chi connectivity index (χ1n) is 6.74. The third-order valence-corrected chi connectivity index (χ3v) is 3.77. The summed E-state index contributed by atoms with van der Waals surface area (Å²) in [6.45, 7) is 6.70. The molecule has 1 aromatic carbocycles. The number of hydrogen-bond donors (Lipinski definition) is 1. The predicted octanol–water partition coefficient (Wildman–Crippen LogP) is 3.37. The normalized spacial score (nSPS) is 21.8. The number of benzene rings is 1. The molecule has 2 atom stereocenters. The van der Waals surface area contributed by atoms with Crippen molar-refractivity contribution in [1.29, 1.82) is 0 Å². The molecule has 0 aromatic heterocycles. The number of anilines is 1. The monoisotopic (exact) mass is 233 g/mol. The Morgan fingerprint density at radius 3 is 2.94 bits per heavy atom. The van der Waals surface area contributed by atoms with Crippen molar-refractivity contribution < 1.29 is 5.11 Å². The number of para-hydroxylation sites is 1. The summed E-state index contributed by atoms with van der Waals surface area (Å²) in [5.41, 5.74) is 2.34. The molecular formula is C15H23NO. The Morgan fingerprint density at radius 2 is 2.18 bits per heavy atom. The van der Waals surface area contributed by atoms with Crippen molar-refractivity contribution in [2.45, 2.75) is 39.2 Å². The average molecular weight is 233 g/mol. The van der Waals surface area contributed by atoms with Crippen LogP contribution < -0.4 is 4.90 Å². The van der Waals surface area contributed by atoms with Crippen LogP contribution in [0.3, 0.4) is 0 Å². The molecule has 2 nitrogen and oxygen atoms in total. The largest absolute Gasteiger partial charge is 0.388 e. The first kappa shape index (κ1) is 12.4. The van der Waals surface area contributed by atoms with E-state index in [2.05, 4.69) is 36.9 Å². The van der Waals surface area contributed by atoms with Gasteiger partial charge in [-0.1, -0.05) is 38.5 Å². The molecule has 0 fully saturated rings. The SMILES string of the molecule is CCC(C)CN1CCCC(O)c2ccccc21. The zero-order valence-corrected chi connectivity index (χ0v) is 10.9. The van der Waals surface area contributed by atoms with Gasteiger partial charge < -0.3 is 10.0 Å². The Hall–Kier alpha value is -1.02. The van der Waals surface area contributed by atoms with Crippen LogP contribution in [0.5, 0.6) is 0 Å². The maximum absolute atomic E-state index is 10.1. The maximum atomic E-state index is 10.1. The Balaban J connectivity index is 2.25. The number of hydrogen-bond acceptors (Lipinski definition) is 2. The molecular weight excluding hydrogens is 210 g/mol. The van der Waals surface area contributed by atoms with Gasteiger partial charge in [0.15, 0.2) is 0 Å². The van der Waals surface area contributed by atoms with Crippen LogP contribution in [-0.2, 0) is 0 Å². The molecule has 1 heterocycles. The van der Waals surface area contributed by atoms with Crippen molar-refractivity contribution in [2.75, 3.05) is 18.0 Å². The van der Waals surface area contributed by atoms with Crippen LogP contribution in [0.4, 0.5) is 5.69 Å². The van der Waals surface area contributed by atoms with Gasteiger partial charge in [0.2, 0.25) is 0 Å². The minimum atomic E-state index is -0.284. The lowest BCUT2D eigenvalue weighted by Gasteiger charge is -2.27. The summed E-state index contributed by atoms with van der Waals surface area (Å²) in [6, 6.07) is 8.30. The lowest BCUT2D eigenvalue weighted by molar-refractivity contribution is 0.168. The molecule has 1 aliphatic rings. The first-order chi connectivity index (χ1) is 8.22. The van der Waals surface area contributed by atoms with Crippen LogP contribution in [0.1, 0.15) is 44.8 Å². The molecule has 0 bridgehead atoms. The first-order valence-corrected chi connectivity index (χ1v) is 6.74. The van der Waals surface area contributed by atoms with Gasteiger partial charge in [0.05, 0.1) is 6.10 Å². The third kappa shape index (κ3) is 2.81. The van der Waals surface area contributed by atoms with Crippen LogP contribution in [-0.4, -0.2) is 18.2 Å². The molecule has 0 spiro atoms. The number of aliphatic hydroxyl groups excluding tert-OH is 1. The molecule has 1 N–H and O–H groups in total. The molecule has 1 aromatic rings. The molecule has 0 radical (unpaired) electrons. The second-order valence-electron chi connectivity index (χ2n) is 5.18. The van der Waals surface area contributed by atoms with Crippen molar-refractivity contribution in [3.05, 3.63) is 29.8 Å². The van der Waals surface area contributed by atoms with E-state index in [1.807, 2.05) is 6.07 Å². The minimum absolute atomic E-state index is 0.284. The maximum Gasteiger partial charge on any atom is 0.0810 e. The summed E-state index contributed by atoms with van der Waals surface area (Å²) in [5, 5.41) is 10.1. The summed E-state index contributed by atoms with van der Waals surface area (Å²) < 4.78 is 0. The molecule has 0 aliphatic carbocycles. The minimum Gasteiger partial charge on any atom is -0.388 e. The highest BCUT2D eigenvalue weighted by Crippen LogP contribution is 2.33. The van der Waals surface area contributed by atoms with Gasteiger partial charge in [0.1, 0.15) is 0 Å². The Kier molecular flexibility index (Phi) is 4.06. The fourth-order valence-electron chi connectivity index (χ4n) is 2.50. The topological polar surface area (TPSA) is 23.5 Å². The zero-order chi connectivity index (χ0) is 12.3. The van der Waals surface area contributed by atoms with E-state index in [-0.39, 0.29) is 6.10 Å². The quantitative estimate of drug-likeness (QED) is 0.865. The van der Waals surface area contributed by atoms with Crippen molar-refractivity contribution in [3.8, 4) is 0 Å². The van der Waals surface area contributed by atoms with Gasteiger partial charge >= 0.3 is 0 Å². The average Bonchev–Trinajstić information content (AvgIpc) is 2.51. The van der Waals surface area contributed by atoms with Gasteiger partial charge in [0, 0.05) is 24.3 Å². The summed E-state index contributed by atoms with van der Waals surface area (Å²) in [7, 11) is 0. The Bertz CT molecular complexity index is 364. The smallest absolute Gasteiger partial charge is 0.0810 e. The van der Waals surface area contributed by atoms with E-state index in [4.69, 9.17) is 0 Å². The molecule has 94 valence electrons.